The molecule has 1 amide bonds. The monoisotopic (exact) mass is 526 g/mol. The number of aromatic nitrogens is 3. The Balaban J connectivity index is 1.30. The van der Waals surface area contributed by atoms with Crippen molar-refractivity contribution in [1.29, 1.82) is 0 Å². The van der Waals surface area contributed by atoms with Crippen molar-refractivity contribution in [3.63, 3.8) is 0 Å². The molecule has 202 valence electrons. The molecule has 2 atom stereocenters. The van der Waals surface area contributed by atoms with E-state index in [1.165, 1.54) is 11.8 Å². The maximum absolute atomic E-state index is 13.1. The van der Waals surface area contributed by atoms with Gasteiger partial charge in [-0.15, -0.1) is 5.10 Å². The van der Waals surface area contributed by atoms with Gasteiger partial charge in [0.1, 0.15) is 6.04 Å². The number of aryl methyl sites for hydroxylation is 2. The molecule has 1 fully saturated rings. The fourth-order valence-electron chi connectivity index (χ4n) is 5.40. The third-order valence-electron chi connectivity index (χ3n) is 7.86. The van der Waals surface area contributed by atoms with Gasteiger partial charge in [-0.3, -0.25) is 9.69 Å². The van der Waals surface area contributed by atoms with E-state index in [1.807, 2.05) is 57.2 Å². The van der Waals surface area contributed by atoms with Gasteiger partial charge >= 0.3 is 6.18 Å². The lowest BCUT2D eigenvalue weighted by Crippen LogP contribution is -2.47. The average Bonchev–Trinajstić information content (AvgIpc) is 3.43. The highest BCUT2D eigenvalue weighted by molar-refractivity contribution is 6.00. The second-order valence-electron chi connectivity index (χ2n) is 10.3. The van der Waals surface area contributed by atoms with Crippen LogP contribution in [0.5, 0.6) is 0 Å². The summed E-state index contributed by atoms with van der Waals surface area (Å²) in [5.41, 5.74) is 5.50. The number of likely N-dealkylation sites (tertiary alicyclic amines) is 1. The maximum Gasteiger partial charge on any atom is 0.403 e. The molecule has 2 aliphatic rings. The van der Waals surface area contributed by atoms with Crippen molar-refractivity contribution in [3.05, 3.63) is 58.7 Å². The van der Waals surface area contributed by atoms with Crippen LogP contribution in [0.4, 0.5) is 24.8 Å². The molecule has 5 rings (SSSR count). The van der Waals surface area contributed by atoms with Crippen LogP contribution >= 0.6 is 0 Å². The Morgan fingerprint density at radius 3 is 2.47 bits per heavy atom. The Morgan fingerprint density at radius 1 is 1.16 bits per heavy atom. The van der Waals surface area contributed by atoms with E-state index in [-0.39, 0.29) is 17.9 Å². The van der Waals surface area contributed by atoms with E-state index in [0.717, 1.165) is 27.9 Å². The number of rotatable bonds is 6. The first-order valence-corrected chi connectivity index (χ1v) is 13.1. The summed E-state index contributed by atoms with van der Waals surface area (Å²) in [6.07, 6.45) is -2.78. The van der Waals surface area contributed by atoms with Gasteiger partial charge in [-0.2, -0.15) is 18.2 Å². The molecule has 3 heterocycles. The van der Waals surface area contributed by atoms with Gasteiger partial charge < -0.3 is 10.6 Å². The summed E-state index contributed by atoms with van der Waals surface area (Å²) in [6.45, 7) is 8.67. The number of hydrogen-bond acceptors (Lipinski definition) is 5. The van der Waals surface area contributed by atoms with E-state index in [1.54, 1.807) is 4.68 Å². The molecule has 2 aromatic carbocycles. The summed E-state index contributed by atoms with van der Waals surface area (Å²) < 4.78 is 41.0. The highest BCUT2D eigenvalue weighted by Crippen LogP contribution is 2.34. The summed E-state index contributed by atoms with van der Waals surface area (Å²) in [6, 6.07) is 10.5. The number of alkyl halides is 3. The van der Waals surface area contributed by atoms with Crippen molar-refractivity contribution in [2.45, 2.75) is 71.3 Å². The number of nitrogens with one attached hydrogen (secondary N) is 2. The molecule has 2 N–H and O–H groups in total. The summed E-state index contributed by atoms with van der Waals surface area (Å²) in [5, 5.41) is 11.0. The van der Waals surface area contributed by atoms with Crippen LogP contribution in [0.2, 0.25) is 0 Å². The van der Waals surface area contributed by atoms with Gasteiger partial charge in [-0.05, 0) is 88.4 Å². The molecule has 0 spiro atoms. The Labute approximate surface area is 220 Å². The van der Waals surface area contributed by atoms with Crippen molar-refractivity contribution in [2.75, 3.05) is 18.4 Å². The van der Waals surface area contributed by atoms with E-state index >= 15 is 0 Å². The van der Waals surface area contributed by atoms with E-state index in [0.29, 0.717) is 49.8 Å². The summed E-state index contributed by atoms with van der Waals surface area (Å²) >= 11 is 0. The first-order chi connectivity index (χ1) is 18.0. The predicted octanol–water partition coefficient (Wildman–Crippen LogP) is 5.95. The molecule has 0 radical (unpaired) electrons. The molecule has 1 saturated heterocycles. The molecule has 10 heteroatoms. The highest BCUT2D eigenvalue weighted by atomic mass is 19.4. The van der Waals surface area contributed by atoms with Crippen LogP contribution in [0.1, 0.15) is 72.6 Å². The number of hydrogen-bond donors (Lipinski definition) is 2. The minimum atomic E-state index is -4.19. The number of nitrogens with zero attached hydrogens (tertiary/aromatic N) is 4. The highest BCUT2D eigenvalue weighted by Gasteiger charge is 2.41. The van der Waals surface area contributed by atoms with E-state index < -0.39 is 12.2 Å². The van der Waals surface area contributed by atoms with Gasteiger partial charge in [-0.1, -0.05) is 24.3 Å². The number of fused-ring (bicyclic) bond motifs is 1. The number of carbonyl (C=O) groups excluding carboxylic acids is 1. The zero-order valence-corrected chi connectivity index (χ0v) is 22.1. The van der Waals surface area contributed by atoms with Crippen molar-refractivity contribution in [3.8, 4) is 11.4 Å². The fraction of sp³-hybridized carbons (Fsp3) is 0.464. The summed E-state index contributed by atoms with van der Waals surface area (Å²) in [5.74, 6) is 1.40. The van der Waals surface area contributed by atoms with Crippen molar-refractivity contribution >= 4 is 17.5 Å². The van der Waals surface area contributed by atoms with E-state index in [9.17, 15) is 18.0 Å². The molecule has 38 heavy (non-hydrogen) atoms. The van der Waals surface area contributed by atoms with Gasteiger partial charge in [0.05, 0.1) is 6.04 Å². The first-order valence-electron chi connectivity index (χ1n) is 13.1. The minimum absolute atomic E-state index is 0.0444. The van der Waals surface area contributed by atoms with E-state index in [2.05, 4.69) is 15.7 Å². The van der Waals surface area contributed by atoms with Gasteiger partial charge in [0.15, 0.2) is 5.82 Å². The third kappa shape index (κ3) is 5.01. The van der Waals surface area contributed by atoms with Crippen molar-refractivity contribution in [1.82, 2.24) is 25.0 Å². The summed E-state index contributed by atoms with van der Waals surface area (Å²) in [4.78, 5) is 18.4. The molecule has 1 aromatic heterocycles. The predicted molar refractivity (Wildman–Crippen MR) is 141 cm³/mol. The molecule has 3 aromatic rings. The van der Waals surface area contributed by atoms with E-state index in [4.69, 9.17) is 4.98 Å². The number of carbonyl (C=O) groups is 1. The second-order valence-corrected chi connectivity index (χ2v) is 10.3. The van der Waals surface area contributed by atoms with Crippen LogP contribution in [-0.2, 0) is 6.54 Å². The lowest BCUT2D eigenvalue weighted by Gasteiger charge is -2.36. The topological polar surface area (TPSA) is 75.1 Å². The molecule has 0 aliphatic carbocycles. The molecule has 0 saturated carbocycles. The van der Waals surface area contributed by atoms with Crippen LogP contribution in [-0.4, -0.2) is 50.9 Å². The molecule has 0 bridgehead atoms. The Hall–Kier alpha value is -3.40. The van der Waals surface area contributed by atoms with Gasteiger partial charge in [0.2, 0.25) is 5.95 Å². The Morgan fingerprint density at radius 2 is 1.84 bits per heavy atom. The number of halogens is 3. The number of piperidine rings is 1. The zero-order chi connectivity index (χ0) is 27.2. The van der Waals surface area contributed by atoms with Crippen molar-refractivity contribution in [2.24, 2.45) is 0 Å². The van der Waals surface area contributed by atoms with Gasteiger partial charge in [0.25, 0.3) is 5.91 Å². The summed E-state index contributed by atoms with van der Waals surface area (Å²) in [7, 11) is 0. The van der Waals surface area contributed by atoms with Crippen LogP contribution in [0, 0.1) is 6.92 Å². The smallest absolute Gasteiger partial charge is 0.345 e. The fourth-order valence-corrected chi connectivity index (χ4v) is 5.40. The second kappa shape index (κ2) is 10.1. The maximum atomic E-state index is 13.1. The normalized spacial score (nSPS) is 19.3. The lowest BCUT2D eigenvalue weighted by molar-refractivity contribution is -0.181. The molecule has 2 aliphatic heterocycles. The molecular formula is C28H33F3N6O. The first kappa shape index (κ1) is 26.2. The van der Waals surface area contributed by atoms with Crippen LogP contribution in [0.25, 0.3) is 11.4 Å². The number of anilines is 2. The van der Waals surface area contributed by atoms with Crippen molar-refractivity contribution < 1.29 is 18.0 Å². The quantitative estimate of drug-likeness (QED) is 0.415. The Kier molecular flexibility index (Phi) is 6.94. The third-order valence-corrected chi connectivity index (χ3v) is 7.86. The van der Waals surface area contributed by atoms with Gasteiger partial charge in [-0.25, -0.2) is 4.68 Å². The molecule has 2 unspecified atom stereocenters. The SMILES string of the molecule is CCn1nc(-c2ccc(C3CCN(C(C)C(F)(F)F)CC3)cc2)nc1Nc1cc2c(cc1C)C(=O)NC2C. The zero-order valence-electron chi connectivity index (χ0n) is 22.1. The molecule has 7 nitrogen and oxygen atoms in total. The average molecular weight is 527 g/mol. The lowest BCUT2D eigenvalue weighted by atomic mass is 9.88. The number of benzene rings is 2. The van der Waals surface area contributed by atoms with Crippen LogP contribution in [0.3, 0.4) is 0 Å². The standard InChI is InChI=1S/C28H33F3N6O/c1-5-37-27(33-24-15-22-17(3)32-26(38)23(22)14-16(24)2)34-25(35-37)21-8-6-19(7-9-21)20-10-12-36(13-11-20)18(4)28(29,30)31/h6-9,14-15,17-18,20H,5,10-13H2,1-4H3,(H,32,38)(H,33,34,35). The van der Waals surface area contributed by atoms with Crippen LogP contribution < -0.4 is 10.6 Å². The Bertz CT molecular complexity index is 1330. The van der Waals surface area contributed by atoms with Crippen LogP contribution in [0.15, 0.2) is 36.4 Å². The molecular weight excluding hydrogens is 493 g/mol. The minimum Gasteiger partial charge on any atom is -0.345 e. The largest absolute Gasteiger partial charge is 0.403 e. The number of amides is 1. The van der Waals surface area contributed by atoms with Gasteiger partial charge in [0, 0.05) is 23.4 Å².